The first kappa shape index (κ1) is 13.7. The van der Waals surface area contributed by atoms with Crippen LogP contribution in [0.2, 0.25) is 0 Å². The molecule has 2 aliphatic heterocycles. The maximum atomic E-state index is 12.6. The van der Waals surface area contributed by atoms with Gasteiger partial charge < -0.3 is 14.8 Å². The molecule has 1 atom stereocenters. The summed E-state index contributed by atoms with van der Waals surface area (Å²) in [6, 6.07) is 4.66. The Morgan fingerprint density at radius 1 is 1.25 bits per heavy atom. The number of rotatable bonds is 2. The minimum atomic E-state index is 0.193. The molecule has 1 unspecified atom stereocenters. The van der Waals surface area contributed by atoms with Crippen LogP contribution in [-0.2, 0) is 7.05 Å². The van der Waals surface area contributed by atoms with Gasteiger partial charge in [-0.25, -0.2) is 0 Å². The zero-order valence-electron chi connectivity index (χ0n) is 12.6. The quantitative estimate of drug-likeness (QED) is 0.895. The molecule has 4 nitrogen and oxygen atoms in total. The summed E-state index contributed by atoms with van der Waals surface area (Å²) in [5.74, 6) is 0.954. The monoisotopic (exact) mass is 275 g/mol. The maximum absolute atomic E-state index is 12.6. The Bertz CT molecular complexity index is 480. The van der Waals surface area contributed by atoms with Crippen LogP contribution in [0.25, 0.3) is 0 Å². The number of hydrogen-bond donors (Lipinski definition) is 1. The Hall–Kier alpha value is -1.29. The Labute approximate surface area is 121 Å². The number of nitrogens with zero attached hydrogens (tertiary/aromatic N) is 2. The van der Waals surface area contributed by atoms with Gasteiger partial charge in [-0.15, -0.1) is 0 Å². The molecule has 110 valence electrons. The zero-order chi connectivity index (χ0) is 14.1. The SMILES string of the molecule is Cc1ccc(C(=O)N2CCC(C3CCCN3)CC2)n1C. The second kappa shape index (κ2) is 5.60. The van der Waals surface area contributed by atoms with E-state index >= 15 is 0 Å². The Morgan fingerprint density at radius 2 is 2.00 bits per heavy atom. The summed E-state index contributed by atoms with van der Waals surface area (Å²) >= 11 is 0. The molecular weight excluding hydrogens is 250 g/mol. The lowest BCUT2D eigenvalue weighted by Crippen LogP contribution is -2.43. The van der Waals surface area contributed by atoms with Crippen LogP contribution in [0.4, 0.5) is 0 Å². The van der Waals surface area contributed by atoms with Crippen molar-refractivity contribution < 1.29 is 4.79 Å². The van der Waals surface area contributed by atoms with E-state index < -0.39 is 0 Å². The van der Waals surface area contributed by atoms with E-state index in [1.54, 1.807) is 0 Å². The number of likely N-dealkylation sites (tertiary alicyclic amines) is 1. The minimum absolute atomic E-state index is 0.193. The van der Waals surface area contributed by atoms with Crippen molar-refractivity contribution in [3.05, 3.63) is 23.5 Å². The number of aryl methyl sites for hydroxylation is 1. The van der Waals surface area contributed by atoms with E-state index in [9.17, 15) is 4.79 Å². The fourth-order valence-corrected chi connectivity index (χ4v) is 3.61. The van der Waals surface area contributed by atoms with Gasteiger partial charge in [0, 0.05) is 31.9 Å². The zero-order valence-corrected chi connectivity index (χ0v) is 12.6. The van der Waals surface area contributed by atoms with E-state index in [0.29, 0.717) is 6.04 Å². The number of nitrogens with one attached hydrogen (secondary N) is 1. The minimum Gasteiger partial charge on any atom is -0.344 e. The molecule has 0 aliphatic carbocycles. The fraction of sp³-hybridized carbons (Fsp3) is 0.688. The number of amides is 1. The molecular formula is C16H25N3O. The molecule has 2 fully saturated rings. The van der Waals surface area contributed by atoms with Crippen LogP contribution in [0.1, 0.15) is 41.9 Å². The first-order valence-corrected chi connectivity index (χ1v) is 7.82. The highest BCUT2D eigenvalue weighted by Crippen LogP contribution is 2.26. The van der Waals surface area contributed by atoms with E-state index in [1.807, 2.05) is 35.6 Å². The third kappa shape index (κ3) is 2.49. The molecule has 1 N–H and O–H groups in total. The Kier molecular flexibility index (Phi) is 3.83. The molecule has 0 radical (unpaired) electrons. The molecule has 0 aromatic carbocycles. The second-order valence-electron chi connectivity index (χ2n) is 6.25. The topological polar surface area (TPSA) is 37.3 Å². The van der Waals surface area contributed by atoms with Crippen LogP contribution in [0.15, 0.2) is 12.1 Å². The molecule has 1 amide bonds. The molecule has 1 aromatic rings. The summed E-state index contributed by atoms with van der Waals surface area (Å²) in [5.41, 5.74) is 1.96. The van der Waals surface area contributed by atoms with Crippen molar-refractivity contribution in [1.82, 2.24) is 14.8 Å². The van der Waals surface area contributed by atoms with Crippen molar-refractivity contribution in [2.45, 2.75) is 38.6 Å². The predicted molar refractivity (Wildman–Crippen MR) is 79.8 cm³/mol. The summed E-state index contributed by atoms with van der Waals surface area (Å²) in [7, 11) is 1.97. The smallest absolute Gasteiger partial charge is 0.270 e. The number of carbonyl (C=O) groups is 1. The van der Waals surface area contributed by atoms with Crippen LogP contribution in [0.3, 0.4) is 0 Å². The third-order valence-electron chi connectivity index (χ3n) is 5.09. The lowest BCUT2D eigenvalue weighted by molar-refractivity contribution is 0.0664. The number of carbonyl (C=O) groups excluding carboxylic acids is 1. The second-order valence-corrected chi connectivity index (χ2v) is 6.25. The molecule has 1 aromatic heterocycles. The highest BCUT2D eigenvalue weighted by atomic mass is 16.2. The number of hydrogen-bond acceptors (Lipinski definition) is 2. The summed E-state index contributed by atoms with van der Waals surface area (Å²) < 4.78 is 1.99. The Morgan fingerprint density at radius 3 is 2.55 bits per heavy atom. The molecule has 3 rings (SSSR count). The molecule has 0 bridgehead atoms. The fourth-order valence-electron chi connectivity index (χ4n) is 3.61. The van der Waals surface area contributed by atoms with Crippen LogP contribution in [0, 0.1) is 12.8 Å². The van der Waals surface area contributed by atoms with Crippen LogP contribution in [-0.4, -0.2) is 41.1 Å². The molecule has 0 spiro atoms. The molecule has 2 saturated heterocycles. The lowest BCUT2D eigenvalue weighted by atomic mass is 9.88. The van der Waals surface area contributed by atoms with Gasteiger partial charge >= 0.3 is 0 Å². The summed E-state index contributed by atoms with van der Waals surface area (Å²) in [6.07, 6.45) is 4.92. The number of aromatic nitrogens is 1. The molecule has 3 heterocycles. The first-order chi connectivity index (χ1) is 9.66. The van der Waals surface area contributed by atoms with E-state index in [4.69, 9.17) is 0 Å². The van der Waals surface area contributed by atoms with Crippen molar-refractivity contribution >= 4 is 5.91 Å². The first-order valence-electron chi connectivity index (χ1n) is 7.82. The van der Waals surface area contributed by atoms with Crippen molar-refractivity contribution in [2.75, 3.05) is 19.6 Å². The molecule has 4 heteroatoms. The molecule has 0 saturated carbocycles. The largest absolute Gasteiger partial charge is 0.344 e. The third-order valence-corrected chi connectivity index (χ3v) is 5.09. The van der Waals surface area contributed by atoms with Gasteiger partial charge in [-0.3, -0.25) is 4.79 Å². The van der Waals surface area contributed by atoms with Gasteiger partial charge in [0.05, 0.1) is 0 Å². The van der Waals surface area contributed by atoms with E-state index in [2.05, 4.69) is 5.32 Å². The highest BCUT2D eigenvalue weighted by molar-refractivity contribution is 5.93. The number of piperidine rings is 1. The van der Waals surface area contributed by atoms with Gasteiger partial charge in [-0.2, -0.15) is 0 Å². The van der Waals surface area contributed by atoms with Gasteiger partial charge in [0.1, 0.15) is 5.69 Å². The van der Waals surface area contributed by atoms with Gasteiger partial charge in [0.15, 0.2) is 0 Å². The van der Waals surface area contributed by atoms with E-state index in [0.717, 1.165) is 43.2 Å². The van der Waals surface area contributed by atoms with Crippen molar-refractivity contribution in [1.29, 1.82) is 0 Å². The van der Waals surface area contributed by atoms with Crippen molar-refractivity contribution in [2.24, 2.45) is 13.0 Å². The molecule has 20 heavy (non-hydrogen) atoms. The summed E-state index contributed by atoms with van der Waals surface area (Å²) in [5, 5.41) is 3.61. The predicted octanol–water partition coefficient (Wildman–Crippen LogP) is 1.94. The average Bonchev–Trinajstić information content (AvgIpc) is 3.10. The van der Waals surface area contributed by atoms with E-state index in [1.165, 1.54) is 19.4 Å². The maximum Gasteiger partial charge on any atom is 0.270 e. The van der Waals surface area contributed by atoms with Gasteiger partial charge in [-0.1, -0.05) is 0 Å². The van der Waals surface area contributed by atoms with Crippen LogP contribution >= 0.6 is 0 Å². The van der Waals surface area contributed by atoms with Crippen LogP contribution < -0.4 is 5.32 Å². The van der Waals surface area contributed by atoms with Gasteiger partial charge in [-0.05, 0) is 57.2 Å². The highest BCUT2D eigenvalue weighted by Gasteiger charge is 2.30. The average molecular weight is 275 g/mol. The normalized spacial score (nSPS) is 24.3. The summed E-state index contributed by atoms with van der Waals surface area (Å²) in [4.78, 5) is 14.6. The van der Waals surface area contributed by atoms with Gasteiger partial charge in [0.2, 0.25) is 0 Å². The van der Waals surface area contributed by atoms with Gasteiger partial charge in [0.25, 0.3) is 5.91 Å². The lowest BCUT2D eigenvalue weighted by Gasteiger charge is -2.35. The summed E-state index contributed by atoms with van der Waals surface area (Å²) in [6.45, 7) is 5.03. The van der Waals surface area contributed by atoms with Crippen molar-refractivity contribution in [3.63, 3.8) is 0 Å². The van der Waals surface area contributed by atoms with Crippen molar-refractivity contribution in [3.8, 4) is 0 Å². The standard InChI is InChI=1S/C16H25N3O/c1-12-5-6-15(18(12)2)16(20)19-10-7-13(8-11-19)14-4-3-9-17-14/h5-6,13-14,17H,3-4,7-11H2,1-2H3. The Balaban J connectivity index is 1.60. The van der Waals surface area contributed by atoms with E-state index in [-0.39, 0.29) is 5.91 Å². The molecule has 2 aliphatic rings. The van der Waals surface area contributed by atoms with Crippen LogP contribution in [0.5, 0.6) is 0 Å².